The molecule has 2 heteroatoms. The van der Waals surface area contributed by atoms with Crippen molar-refractivity contribution in [1.82, 2.24) is 4.90 Å². The fourth-order valence-electron chi connectivity index (χ4n) is 0.680. The Balaban J connectivity index is 3.32. The molecule has 1 atom stereocenters. The van der Waals surface area contributed by atoms with Crippen LogP contribution in [0.1, 0.15) is 13.8 Å². The Morgan fingerprint density at radius 1 is 1.56 bits per heavy atom. The van der Waals surface area contributed by atoms with Crippen molar-refractivity contribution in [1.29, 1.82) is 0 Å². The Morgan fingerprint density at radius 2 is 2.11 bits per heavy atom. The monoisotopic (exact) mass is 131 g/mol. The van der Waals surface area contributed by atoms with E-state index in [1.54, 1.807) is 7.11 Å². The Kier molecular flexibility index (Phi) is 4.72. The zero-order valence-corrected chi connectivity index (χ0v) is 6.85. The summed E-state index contributed by atoms with van der Waals surface area (Å²) < 4.78 is 4.98. The molecule has 0 saturated heterocycles. The van der Waals surface area contributed by atoms with Crippen molar-refractivity contribution >= 4 is 0 Å². The van der Waals surface area contributed by atoms with E-state index in [1.807, 2.05) is 0 Å². The lowest BCUT2D eigenvalue weighted by Crippen LogP contribution is -2.32. The van der Waals surface area contributed by atoms with Crippen LogP contribution in [0.5, 0.6) is 0 Å². The van der Waals surface area contributed by atoms with E-state index in [4.69, 9.17) is 4.74 Å². The van der Waals surface area contributed by atoms with E-state index in [0.717, 1.165) is 13.2 Å². The summed E-state index contributed by atoms with van der Waals surface area (Å²) in [7, 11) is 3.84. The molecule has 0 spiro atoms. The van der Waals surface area contributed by atoms with Crippen LogP contribution in [0.2, 0.25) is 0 Å². The van der Waals surface area contributed by atoms with Gasteiger partial charge in [0.15, 0.2) is 0 Å². The van der Waals surface area contributed by atoms with Gasteiger partial charge in [-0.3, -0.25) is 0 Å². The van der Waals surface area contributed by atoms with Gasteiger partial charge in [-0.25, -0.2) is 0 Å². The van der Waals surface area contributed by atoms with Gasteiger partial charge in [-0.1, -0.05) is 6.92 Å². The van der Waals surface area contributed by atoms with Crippen molar-refractivity contribution in [2.24, 2.45) is 0 Å². The number of hydrogen-bond donors (Lipinski definition) is 0. The predicted molar refractivity (Wildman–Crippen MR) is 39.6 cm³/mol. The summed E-state index contributed by atoms with van der Waals surface area (Å²) in [6, 6.07) is 0.542. The average Bonchev–Trinajstić information content (AvgIpc) is 1.87. The molecule has 0 aromatic heterocycles. The molecule has 0 N–H and O–H groups in total. The fourth-order valence-corrected chi connectivity index (χ4v) is 0.680. The SMILES string of the molecule is CCN(C)C(C)COC. The summed E-state index contributed by atoms with van der Waals surface area (Å²) in [6.45, 7) is 6.22. The van der Waals surface area contributed by atoms with Crippen molar-refractivity contribution in [2.75, 3.05) is 27.3 Å². The standard InChI is InChI=1S/C7H17NO/c1-5-8(3)7(2)6-9-4/h7H,5-6H2,1-4H3. The first-order valence-electron chi connectivity index (χ1n) is 3.41. The van der Waals surface area contributed by atoms with Crippen LogP contribution < -0.4 is 0 Å². The highest BCUT2D eigenvalue weighted by molar-refractivity contribution is 4.58. The molecule has 1 unspecified atom stereocenters. The first kappa shape index (κ1) is 8.92. The van der Waals surface area contributed by atoms with Crippen molar-refractivity contribution in [2.45, 2.75) is 19.9 Å². The molecular formula is C7H17NO. The third kappa shape index (κ3) is 3.49. The van der Waals surface area contributed by atoms with E-state index in [2.05, 4.69) is 25.8 Å². The van der Waals surface area contributed by atoms with Gasteiger partial charge in [-0.05, 0) is 20.5 Å². The number of nitrogens with zero attached hydrogens (tertiary/aromatic N) is 1. The maximum atomic E-state index is 4.98. The van der Waals surface area contributed by atoms with E-state index < -0.39 is 0 Å². The Hall–Kier alpha value is -0.0800. The van der Waals surface area contributed by atoms with E-state index in [1.165, 1.54) is 0 Å². The molecule has 0 aromatic carbocycles. The van der Waals surface area contributed by atoms with Gasteiger partial charge in [0.25, 0.3) is 0 Å². The normalized spacial score (nSPS) is 14.3. The van der Waals surface area contributed by atoms with Crippen LogP contribution >= 0.6 is 0 Å². The van der Waals surface area contributed by atoms with Crippen molar-refractivity contribution in [3.63, 3.8) is 0 Å². The highest BCUT2D eigenvalue weighted by atomic mass is 16.5. The molecule has 9 heavy (non-hydrogen) atoms. The number of likely N-dealkylation sites (N-methyl/N-ethyl adjacent to an activating group) is 1. The van der Waals surface area contributed by atoms with Gasteiger partial charge in [-0.15, -0.1) is 0 Å². The Labute approximate surface area is 57.8 Å². The van der Waals surface area contributed by atoms with Gasteiger partial charge in [0, 0.05) is 13.2 Å². The lowest BCUT2D eigenvalue weighted by Gasteiger charge is -2.21. The molecule has 0 aliphatic rings. The molecule has 0 radical (unpaired) electrons. The Morgan fingerprint density at radius 3 is 2.44 bits per heavy atom. The zero-order chi connectivity index (χ0) is 7.28. The second-order valence-corrected chi connectivity index (χ2v) is 2.38. The zero-order valence-electron chi connectivity index (χ0n) is 6.85. The fraction of sp³-hybridized carbons (Fsp3) is 1.00. The average molecular weight is 131 g/mol. The summed E-state index contributed by atoms with van der Waals surface area (Å²) >= 11 is 0. The topological polar surface area (TPSA) is 12.5 Å². The van der Waals surface area contributed by atoms with Gasteiger partial charge in [-0.2, -0.15) is 0 Å². The van der Waals surface area contributed by atoms with E-state index in [-0.39, 0.29) is 0 Å². The van der Waals surface area contributed by atoms with Crippen LogP contribution in [0.25, 0.3) is 0 Å². The molecular weight excluding hydrogens is 114 g/mol. The van der Waals surface area contributed by atoms with Gasteiger partial charge >= 0.3 is 0 Å². The van der Waals surface area contributed by atoms with Gasteiger partial charge in [0.05, 0.1) is 6.61 Å². The summed E-state index contributed by atoms with van der Waals surface area (Å²) in [5.74, 6) is 0. The summed E-state index contributed by atoms with van der Waals surface area (Å²) in [5, 5.41) is 0. The second-order valence-electron chi connectivity index (χ2n) is 2.38. The molecule has 56 valence electrons. The molecule has 0 amide bonds. The van der Waals surface area contributed by atoms with E-state index in [0.29, 0.717) is 6.04 Å². The van der Waals surface area contributed by atoms with Crippen LogP contribution in [0.3, 0.4) is 0 Å². The molecule has 0 rings (SSSR count). The largest absolute Gasteiger partial charge is 0.383 e. The third-order valence-electron chi connectivity index (χ3n) is 1.66. The number of methoxy groups -OCH3 is 1. The van der Waals surface area contributed by atoms with Crippen molar-refractivity contribution < 1.29 is 4.74 Å². The molecule has 0 aliphatic carbocycles. The molecule has 0 aromatic rings. The lowest BCUT2D eigenvalue weighted by molar-refractivity contribution is 0.119. The maximum Gasteiger partial charge on any atom is 0.0615 e. The molecule has 0 bridgehead atoms. The lowest BCUT2D eigenvalue weighted by atomic mass is 10.3. The van der Waals surface area contributed by atoms with E-state index in [9.17, 15) is 0 Å². The van der Waals surface area contributed by atoms with Gasteiger partial charge < -0.3 is 9.64 Å². The van der Waals surface area contributed by atoms with Crippen LogP contribution in [0, 0.1) is 0 Å². The first-order valence-corrected chi connectivity index (χ1v) is 3.41. The van der Waals surface area contributed by atoms with Gasteiger partial charge in [0.2, 0.25) is 0 Å². The molecule has 0 aliphatic heterocycles. The molecule has 0 saturated carbocycles. The highest BCUT2D eigenvalue weighted by Crippen LogP contribution is 1.93. The summed E-state index contributed by atoms with van der Waals surface area (Å²) in [6.07, 6.45) is 0. The minimum atomic E-state index is 0.542. The predicted octanol–water partition coefficient (Wildman–Crippen LogP) is 0.973. The number of rotatable bonds is 4. The van der Waals surface area contributed by atoms with Gasteiger partial charge in [0.1, 0.15) is 0 Å². The van der Waals surface area contributed by atoms with Crippen LogP contribution in [0.15, 0.2) is 0 Å². The molecule has 0 heterocycles. The molecule has 0 fully saturated rings. The number of hydrogen-bond acceptors (Lipinski definition) is 2. The quantitative estimate of drug-likeness (QED) is 0.563. The van der Waals surface area contributed by atoms with Crippen LogP contribution in [0.4, 0.5) is 0 Å². The Bertz CT molecular complexity index is 65.9. The summed E-state index contributed by atoms with van der Waals surface area (Å²) in [5.41, 5.74) is 0. The third-order valence-corrected chi connectivity index (χ3v) is 1.66. The first-order chi connectivity index (χ1) is 4.22. The highest BCUT2D eigenvalue weighted by Gasteiger charge is 2.04. The van der Waals surface area contributed by atoms with E-state index >= 15 is 0 Å². The number of ether oxygens (including phenoxy) is 1. The van der Waals surface area contributed by atoms with Crippen molar-refractivity contribution in [3.8, 4) is 0 Å². The van der Waals surface area contributed by atoms with Crippen molar-refractivity contribution in [3.05, 3.63) is 0 Å². The molecule has 2 nitrogen and oxygen atoms in total. The second kappa shape index (κ2) is 4.77. The minimum absolute atomic E-state index is 0.542. The smallest absolute Gasteiger partial charge is 0.0615 e. The van der Waals surface area contributed by atoms with Crippen LogP contribution in [-0.4, -0.2) is 38.3 Å². The summed E-state index contributed by atoms with van der Waals surface area (Å²) in [4.78, 5) is 2.25. The van der Waals surface area contributed by atoms with Crippen LogP contribution in [-0.2, 0) is 4.74 Å². The minimum Gasteiger partial charge on any atom is -0.383 e. The maximum absolute atomic E-state index is 4.98.